The van der Waals surface area contributed by atoms with Crippen molar-refractivity contribution in [2.75, 3.05) is 0 Å². The molecule has 2 aliphatic rings. The third kappa shape index (κ3) is 4.22. The van der Waals surface area contributed by atoms with Crippen molar-refractivity contribution in [3.05, 3.63) is 109 Å². The maximum atomic E-state index is 3.91. The third-order valence-corrected chi connectivity index (χ3v) is 3.25. The van der Waals surface area contributed by atoms with Gasteiger partial charge in [0.1, 0.15) is 0 Å². The van der Waals surface area contributed by atoms with E-state index in [0.29, 0.717) is 0 Å². The van der Waals surface area contributed by atoms with Crippen LogP contribution in [-0.2, 0) is 0 Å². The second-order valence-corrected chi connectivity index (χ2v) is 4.73. The summed E-state index contributed by atoms with van der Waals surface area (Å²) in [5, 5.41) is 3.51. The van der Waals surface area contributed by atoms with Crippen LogP contribution < -0.4 is 5.32 Å². The van der Waals surface area contributed by atoms with Crippen molar-refractivity contribution in [1.29, 1.82) is 0 Å². The highest BCUT2D eigenvalue weighted by Crippen LogP contribution is 2.23. The van der Waals surface area contributed by atoms with Crippen LogP contribution in [0.4, 0.5) is 0 Å². The van der Waals surface area contributed by atoms with Gasteiger partial charge >= 0.3 is 0 Å². The van der Waals surface area contributed by atoms with Gasteiger partial charge < -0.3 is 5.32 Å². The van der Waals surface area contributed by atoms with Crippen LogP contribution >= 0.6 is 0 Å². The molecule has 0 aromatic rings. The lowest BCUT2D eigenvalue weighted by Crippen LogP contribution is -2.14. The van der Waals surface area contributed by atoms with Crippen LogP contribution in [-0.4, -0.2) is 0 Å². The zero-order valence-electron chi connectivity index (χ0n) is 12.3. The van der Waals surface area contributed by atoms with E-state index in [1.54, 1.807) is 6.08 Å². The summed E-state index contributed by atoms with van der Waals surface area (Å²) in [5.41, 5.74) is 4.41. The summed E-state index contributed by atoms with van der Waals surface area (Å²) in [6.45, 7) is 7.69. The summed E-state index contributed by atoms with van der Waals surface area (Å²) in [5.74, 6) is 0. The molecule has 1 nitrogen and oxygen atoms in total. The van der Waals surface area contributed by atoms with Crippen molar-refractivity contribution < 1.29 is 0 Å². The van der Waals surface area contributed by atoms with Gasteiger partial charge in [-0.3, -0.25) is 0 Å². The average Bonchev–Trinajstić information content (AvgIpc) is 2.88. The molecule has 0 aromatic heterocycles. The lowest BCUT2D eigenvalue weighted by Gasteiger charge is -2.16. The van der Waals surface area contributed by atoms with Crippen LogP contribution in [0, 0.1) is 0 Å². The molecule has 0 saturated heterocycles. The fraction of sp³-hybridized carbons (Fsp3) is 0.100. The fourth-order valence-electron chi connectivity index (χ4n) is 2.23. The van der Waals surface area contributed by atoms with E-state index < -0.39 is 0 Å². The Bertz CT molecular complexity index is 616. The Balaban J connectivity index is 2.29. The van der Waals surface area contributed by atoms with Gasteiger partial charge in [-0.25, -0.2) is 0 Å². The Hall–Kier alpha value is -2.54. The summed E-state index contributed by atoms with van der Waals surface area (Å²) >= 11 is 0. The van der Waals surface area contributed by atoms with Crippen LogP contribution in [0.1, 0.15) is 12.8 Å². The van der Waals surface area contributed by atoms with Crippen molar-refractivity contribution in [3.63, 3.8) is 0 Å². The van der Waals surface area contributed by atoms with Crippen LogP contribution in [0.15, 0.2) is 109 Å². The second-order valence-electron chi connectivity index (χ2n) is 4.73. The van der Waals surface area contributed by atoms with Crippen molar-refractivity contribution in [3.8, 4) is 0 Å². The number of hydrogen-bond donors (Lipinski definition) is 1. The maximum absolute atomic E-state index is 3.91. The second kappa shape index (κ2) is 7.91. The molecular weight excluding hydrogens is 254 g/mol. The normalized spacial score (nSPS) is 18.1. The molecule has 0 heterocycles. The molecule has 0 fully saturated rings. The van der Waals surface area contributed by atoms with Gasteiger partial charge in [0.05, 0.1) is 0 Å². The van der Waals surface area contributed by atoms with Gasteiger partial charge in [-0.15, -0.1) is 0 Å². The largest absolute Gasteiger partial charge is 0.355 e. The lowest BCUT2D eigenvalue weighted by molar-refractivity contribution is 1.01. The summed E-state index contributed by atoms with van der Waals surface area (Å²) in [7, 11) is 0. The molecule has 2 rings (SSSR count). The van der Waals surface area contributed by atoms with Gasteiger partial charge in [0.25, 0.3) is 0 Å². The molecule has 0 spiro atoms. The standard InChI is InChI=1S/C20H21N/c1-3-12-17(4-2)19-15-10-7-11-16-20(19)21-18-13-8-5-6-9-14-18/h3-8,11-16,21H,1-2,9-10H2/b17-12+. The molecule has 0 unspecified atom stereocenters. The molecule has 1 heteroatoms. The molecule has 0 aromatic carbocycles. The van der Waals surface area contributed by atoms with E-state index in [-0.39, 0.29) is 0 Å². The van der Waals surface area contributed by atoms with E-state index in [0.717, 1.165) is 35.4 Å². The Morgan fingerprint density at radius 2 is 1.86 bits per heavy atom. The third-order valence-electron chi connectivity index (χ3n) is 3.25. The van der Waals surface area contributed by atoms with Gasteiger partial charge in [0.2, 0.25) is 0 Å². The van der Waals surface area contributed by atoms with Crippen molar-refractivity contribution in [1.82, 2.24) is 5.32 Å². The van der Waals surface area contributed by atoms with Crippen molar-refractivity contribution >= 4 is 0 Å². The fourth-order valence-corrected chi connectivity index (χ4v) is 2.23. The summed E-state index contributed by atoms with van der Waals surface area (Å²) in [6.07, 6.45) is 26.5. The Morgan fingerprint density at radius 1 is 1.05 bits per heavy atom. The molecule has 0 bridgehead atoms. The topological polar surface area (TPSA) is 12.0 Å². The number of rotatable bonds is 5. The van der Waals surface area contributed by atoms with Gasteiger partial charge in [0, 0.05) is 17.0 Å². The van der Waals surface area contributed by atoms with Crippen molar-refractivity contribution in [2.45, 2.75) is 12.8 Å². The van der Waals surface area contributed by atoms with E-state index in [4.69, 9.17) is 0 Å². The highest BCUT2D eigenvalue weighted by Gasteiger charge is 2.10. The first-order valence-corrected chi connectivity index (χ1v) is 7.18. The van der Waals surface area contributed by atoms with E-state index in [9.17, 15) is 0 Å². The van der Waals surface area contributed by atoms with Crippen LogP contribution in [0.5, 0.6) is 0 Å². The number of hydrogen-bond acceptors (Lipinski definition) is 1. The molecule has 0 atom stereocenters. The zero-order chi connectivity index (χ0) is 14.9. The Kier molecular flexibility index (Phi) is 5.60. The van der Waals surface area contributed by atoms with Gasteiger partial charge in [-0.2, -0.15) is 0 Å². The molecule has 2 aliphatic carbocycles. The summed E-state index contributed by atoms with van der Waals surface area (Å²) < 4.78 is 0. The number of nitrogens with one attached hydrogen (secondary N) is 1. The lowest BCUT2D eigenvalue weighted by atomic mass is 10.0. The molecule has 106 valence electrons. The first-order chi connectivity index (χ1) is 10.3. The van der Waals surface area contributed by atoms with Gasteiger partial charge in [-0.05, 0) is 30.6 Å². The molecule has 0 amide bonds. The van der Waals surface area contributed by atoms with Crippen LogP contribution in [0.3, 0.4) is 0 Å². The SMILES string of the molecule is C=C/C=C(\C=C)C1=CCC=CC=C1NC1=CCC=CC=C1. The van der Waals surface area contributed by atoms with E-state index in [2.05, 4.69) is 73.2 Å². The maximum Gasteiger partial charge on any atom is 0.0460 e. The van der Waals surface area contributed by atoms with Gasteiger partial charge in [-0.1, -0.05) is 73.9 Å². The Labute approximate surface area is 127 Å². The van der Waals surface area contributed by atoms with Crippen molar-refractivity contribution in [2.24, 2.45) is 0 Å². The smallest absolute Gasteiger partial charge is 0.0460 e. The molecule has 21 heavy (non-hydrogen) atoms. The quantitative estimate of drug-likeness (QED) is 0.693. The summed E-state index contributed by atoms with van der Waals surface area (Å²) in [4.78, 5) is 0. The van der Waals surface area contributed by atoms with E-state index >= 15 is 0 Å². The minimum Gasteiger partial charge on any atom is -0.355 e. The van der Waals surface area contributed by atoms with Gasteiger partial charge in [0.15, 0.2) is 0 Å². The molecule has 0 aliphatic heterocycles. The van der Waals surface area contributed by atoms with E-state index in [1.165, 1.54) is 0 Å². The average molecular weight is 275 g/mol. The number of allylic oxidation sites excluding steroid dienone is 13. The summed E-state index contributed by atoms with van der Waals surface area (Å²) in [6, 6.07) is 0. The molecule has 0 saturated carbocycles. The zero-order valence-corrected chi connectivity index (χ0v) is 12.3. The monoisotopic (exact) mass is 275 g/mol. The van der Waals surface area contributed by atoms with Crippen LogP contribution in [0.2, 0.25) is 0 Å². The highest BCUT2D eigenvalue weighted by atomic mass is 14.9. The van der Waals surface area contributed by atoms with Crippen LogP contribution in [0.25, 0.3) is 0 Å². The minimum atomic E-state index is 0.912. The first kappa shape index (κ1) is 14.9. The highest BCUT2D eigenvalue weighted by molar-refractivity contribution is 5.54. The minimum absolute atomic E-state index is 0.912. The first-order valence-electron chi connectivity index (χ1n) is 7.18. The molecule has 1 N–H and O–H groups in total. The van der Waals surface area contributed by atoms with E-state index in [1.807, 2.05) is 12.2 Å². The predicted octanol–water partition coefficient (Wildman–Crippen LogP) is 5.04. The Morgan fingerprint density at radius 3 is 2.67 bits per heavy atom. The molecule has 0 radical (unpaired) electrons. The molecular formula is C20H21N. The predicted molar refractivity (Wildman–Crippen MR) is 92.5 cm³/mol.